The Hall–Kier alpha value is -1.59. The van der Waals surface area contributed by atoms with E-state index in [-0.39, 0.29) is 30.3 Å². The summed E-state index contributed by atoms with van der Waals surface area (Å²) in [5, 5.41) is 5.95. The molecule has 20 heavy (non-hydrogen) atoms. The van der Waals surface area contributed by atoms with Crippen LogP contribution in [0.5, 0.6) is 0 Å². The molecule has 2 rings (SSSR count). The molecule has 0 bridgehead atoms. The first kappa shape index (κ1) is 16.5. The van der Waals surface area contributed by atoms with Crippen LogP contribution in [0.3, 0.4) is 0 Å². The van der Waals surface area contributed by atoms with E-state index in [1.54, 1.807) is 24.3 Å². The Morgan fingerprint density at radius 2 is 1.95 bits per heavy atom. The zero-order valence-electron chi connectivity index (χ0n) is 11.7. The van der Waals surface area contributed by atoms with E-state index >= 15 is 0 Å². The molecular formula is C14H20ClN3O2. The summed E-state index contributed by atoms with van der Waals surface area (Å²) in [5.74, 6) is -0.0711. The van der Waals surface area contributed by atoms with Crippen LogP contribution >= 0.6 is 12.4 Å². The minimum atomic E-state index is -0.116. The van der Waals surface area contributed by atoms with Crippen molar-refractivity contribution < 1.29 is 9.59 Å². The number of nitrogens with one attached hydrogen (secondary N) is 2. The highest BCUT2D eigenvalue weighted by molar-refractivity contribution is 5.95. The molecule has 0 aliphatic carbocycles. The van der Waals surface area contributed by atoms with Crippen LogP contribution < -0.4 is 10.6 Å². The van der Waals surface area contributed by atoms with Crippen LogP contribution in [0.15, 0.2) is 24.3 Å². The number of piperazine rings is 1. The van der Waals surface area contributed by atoms with Gasteiger partial charge < -0.3 is 15.5 Å². The van der Waals surface area contributed by atoms with Gasteiger partial charge in [0.2, 0.25) is 5.91 Å². The second kappa shape index (κ2) is 7.26. The number of rotatable bonds is 2. The fourth-order valence-electron chi connectivity index (χ4n) is 2.21. The van der Waals surface area contributed by atoms with E-state index in [9.17, 15) is 9.59 Å². The van der Waals surface area contributed by atoms with Gasteiger partial charge in [-0.05, 0) is 31.2 Å². The maximum atomic E-state index is 12.4. The third kappa shape index (κ3) is 3.95. The van der Waals surface area contributed by atoms with Gasteiger partial charge in [-0.2, -0.15) is 0 Å². The van der Waals surface area contributed by atoms with Crippen molar-refractivity contribution >= 4 is 29.9 Å². The Bertz CT molecular complexity index is 476. The summed E-state index contributed by atoms with van der Waals surface area (Å²) in [6.45, 7) is 5.89. The summed E-state index contributed by atoms with van der Waals surface area (Å²) < 4.78 is 0. The molecular weight excluding hydrogens is 278 g/mol. The summed E-state index contributed by atoms with van der Waals surface area (Å²) in [5.41, 5.74) is 1.36. The van der Waals surface area contributed by atoms with E-state index in [0.29, 0.717) is 11.3 Å². The number of hydrogen-bond donors (Lipinski definition) is 2. The molecule has 1 aromatic rings. The maximum absolute atomic E-state index is 12.4. The Balaban J connectivity index is 0.00000200. The molecule has 0 aromatic heterocycles. The number of anilines is 1. The highest BCUT2D eigenvalue weighted by Gasteiger charge is 2.23. The van der Waals surface area contributed by atoms with Gasteiger partial charge in [0.1, 0.15) is 0 Å². The smallest absolute Gasteiger partial charge is 0.254 e. The van der Waals surface area contributed by atoms with Gasteiger partial charge in [-0.25, -0.2) is 0 Å². The molecule has 0 radical (unpaired) electrons. The van der Waals surface area contributed by atoms with Crippen molar-refractivity contribution in [2.75, 3.05) is 25.0 Å². The first-order valence-corrected chi connectivity index (χ1v) is 6.47. The molecule has 1 aromatic carbocycles. The van der Waals surface area contributed by atoms with Crippen LogP contribution in [0.25, 0.3) is 0 Å². The number of benzene rings is 1. The van der Waals surface area contributed by atoms with Crippen molar-refractivity contribution in [3.63, 3.8) is 0 Å². The SMILES string of the molecule is CC(=O)Nc1ccc(C(=O)N2CCNC[C@@H]2C)cc1.Cl. The zero-order valence-corrected chi connectivity index (χ0v) is 12.5. The summed E-state index contributed by atoms with van der Waals surface area (Å²) in [6, 6.07) is 7.21. The highest BCUT2D eigenvalue weighted by Crippen LogP contribution is 2.14. The van der Waals surface area contributed by atoms with Crippen molar-refractivity contribution in [2.45, 2.75) is 19.9 Å². The molecule has 2 N–H and O–H groups in total. The van der Waals surface area contributed by atoms with Gasteiger partial charge in [-0.15, -0.1) is 12.4 Å². The topological polar surface area (TPSA) is 61.4 Å². The molecule has 1 aliphatic rings. The predicted molar refractivity (Wildman–Crippen MR) is 81.4 cm³/mol. The number of carbonyl (C=O) groups is 2. The number of amides is 2. The van der Waals surface area contributed by atoms with E-state index in [1.807, 2.05) is 11.8 Å². The van der Waals surface area contributed by atoms with Crippen molar-refractivity contribution in [1.82, 2.24) is 10.2 Å². The van der Waals surface area contributed by atoms with Gasteiger partial charge in [0, 0.05) is 43.9 Å². The van der Waals surface area contributed by atoms with E-state index in [0.717, 1.165) is 19.6 Å². The summed E-state index contributed by atoms with van der Waals surface area (Å²) in [6.07, 6.45) is 0. The van der Waals surface area contributed by atoms with Crippen molar-refractivity contribution in [2.24, 2.45) is 0 Å². The van der Waals surface area contributed by atoms with Crippen LogP contribution in [0.2, 0.25) is 0 Å². The largest absolute Gasteiger partial charge is 0.333 e. The van der Waals surface area contributed by atoms with Crippen molar-refractivity contribution in [3.05, 3.63) is 29.8 Å². The van der Waals surface area contributed by atoms with E-state index < -0.39 is 0 Å². The summed E-state index contributed by atoms with van der Waals surface area (Å²) in [7, 11) is 0. The quantitative estimate of drug-likeness (QED) is 0.870. The Labute approximate surface area is 125 Å². The number of halogens is 1. The average Bonchev–Trinajstić information content (AvgIpc) is 2.39. The first-order chi connectivity index (χ1) is 9.08. The van der Waals surface area contributed by atoms with E-state index in [1.165, 1.54) is 6.92 Å². The second-order valence-electron chi connectivity index (χ2n) is 4.81. The van der Waals surface area contributed by atoms with E-state index in [4.69, 9.17) is 0 Å². The van der Waals surface area contributed by atoms with Crippen molar-refractivity contribution in [3.8, 4) is 0 Å². The predicted octanol–water partition coefficient (Wildman–Crippen LogP) is 1.50. The lowest BCUT2D eigenvalue weighted by atomic mass is 10.1. The molecule has 1 atom stereocenters. The lowest BCUT2D eigenvalue weighted by Crippen LogP contribution is -2.52. The molecule has 2 amide bonds. The normalized spacial score (nSPS) is 18.1. The zero-order chi connectivity index (χ0) is 13.8. The van der Waals surface area contributed by atoms with Crippen LogP contribution in [0, 0.1) is 0 Å². The number of hydrogen-bond acceptors (Lipinski definition) is 3. The maximum Gasteiger partial charge on any atom is 0.254 e. The fourth-order valence-corrected chi connectivity index (χ4v) is 2.21. The lowest BCUT2D eigenvalue weighted by Gasteiger charge is -2.34. The van der Waals surface area contributed by atoms with Gasteiger partial charge in [0.15, 0.2) is 0 Å². The Morgan fingerprint density at radius 1 is 1.30 bits per heavy atom. The molecule has 0 saturated carbocycles. The monoisotopic (exact) mass is 297 g/mol. The Morgan fingerprint density at radius 3 is 2.50 bits per heavy atom. The van der Waals surface area contributed by atoms with Gasteiger partial charge in [-0.1, -0.05) is 0 Å². The van der Waals surface area contributed by atoms with Crippen LogP contribution in [-0.4, -0.2) is 42.4 Å². The molecule has 6 heteroatoms. The highest BCUT2D eigenvalue weighted by atomic mass is 35.5. The van der Waals surface area contributed by atoms with Gasteiger partial charge >= 0.3 is 0 Å². The van der Waals surface area contributed by atoms with Crippen molar-refractivity contribution in [1.29, 1.82) is 0 Å². The fraction of sp³-hybridized carbons (Fsp3) is 0.429. The molecule has 1 fully saturated rings. The Kier molecular flexibility index (Phi) is 5.98. The molecule has 1 saturated heterocycles. The first-order valence-electron chi connectivity index (χ1n) is 6.47. The number of nitrogens with zero attached hydrogens (tertiary/aromatic N) is 1. The molecule has 0 spiro atoms. The average molecular weight is 298 g/mol. The van der Waals surface area contributed by atoms with Crippen LogP contribution in [0.4, 0.5) is 5.69 Å². The molecule has 110 valence electrons. The van der Waals surface area contributed by atoms with Crippen LogP contribution in [0.1, 0.15) is 24.2 Å². The third-order valence-corrected chi connectivity index (χ3v) is 3.21. The minimum Gasteiger partial charge on any atom is -0.333 e. The minimum absolute atomic E-state index is 0. The summed E-state index contributed by atoms with van der Waals surface area (Å²) >= 11 is 0. The lowest BCUT2D eigenvalue weighted by molar-refractivity contribution is -0.114. The third-order valence-electron chi connectivity index (χ3n) is 3.21. The van der Waals surface area contributed by atoms with Gasteiger partial charge in [0.25, 0.3) is 5.91 Å². The van der Waals surface area contributed by atoms with Crippen LogP contribution in [-0.2, 0) is 4.79 Å². The molecule has 0 unspecified atom stereocenters. The molecule has 5 nitrogen and oxygen atoms in total. The number of carbonyl (C=O) groups excluding carboxylic acids is 2. The second-order valence-corrected chi connectivity index (χ2v) is 4.81. The standard InChI is InChI=1S/C14H19N3O2.ClH/c1-10-9-15-7-8-17(10)14(19)12-3-5-13(6-4-12)16-11(2)18;/h3-6,10,15H,7-9H2,1-2H3,(H,16,18);1H/t10-;/m0./s1. The van der Waals surface area contributed by atoms with Gasteiger partial charge in [-0.3, -0.25) is 9.59 Å². The molecule has 1 aliphatic heterocycles. The van der Waals surface area contributed by atoms with E-state index in [2.05, 4.69) is 10.6 Å². The summed E-state index contributed by atoms with van der Waals surface area (Å²) in [4.78, 5) is 25.2. The molecule has 1 heterocycles. The van der Waals surface area contributed by atoms with Gasteiger partial charge in [0.05, 0.1) is 0 Å².